The number of hydrogen-bond donors (Lipinski definition) is 2. The number of aromatic nitrogens is 2. The standard InChI is InChI=1S/C21H20N4O3/c1-13-3-4-14(2)17(9-13)25-21-22-8-7-16(24-21)20(26)23-11-15-5-6-18-19(10-15)28-12-27-18/h3-10H,11-12H2,1-2H3,(H,23,26)(H,22,24,25). The molecule has 0 spiro atoms. The van der Waals surface area contributed by atoms with E-state index < -0.39 is 0 Å². The van der Waals surface area contributed by atoms with Crippen LogP contribution in [0.2, 0.25) is 0 Å². The summed E-state index contributed by atoms with van der Waals surface area (Å²) >= 11 is 0. The van der Waals surface area contributed by atoms with Crippen LogP contribution in [0, 0.1) is 13.8 Å². The van der Waals surface area contributed by atoms with Gasteiger partial charge in [0.25, 0.3) is 5.91 Å². The Hall–Kier alpha value is -3.61. The smallest absolute Gasteiger partial charge is 0.270 e. The fourth-order valence-electron chi connectivity index (χ4n) is 2.86. The molecule has 142 valence electrons. The number of anilines is 2. The molecule has 1 amide bonds. The molecule has 1 aliphatic rings. The highest BCUT2D eigenvalue weighted by atomic mass is 16.7. The number of benzene rings is 2. The SMILES string of the molecule is Cc1ccc(C)c(Nc2nccc(C(=O)NCc3ccc4c(c3)OCO4)n2)c1. The van der Waals surface area contributed by atoms with Gasteiger partial charge in [0.05, 0.1) is 0 Å². The maximum Gasteiger partial charge on any atom is 0.270 e. The highest BCUT2D eigenvalue weighted by Crippen LogP contribution is 2.32. The van der Waals surface area contributed by atoms with Gasteiger partial charge in [-0.05, 0) is 54.8 Å². The van der Waals surface area contributed by atoms with Crippen LogP contribution in [0.1, 0.15) is 27.2 Å². The summed E-state index contributed by atoms with van der Waals surface area (Å²) in [6.07, 6.45) is 1.57. The molecule has 0 saturated heterocycles. The lowest BCUT2D eigenvalue weighted by molar-refractivity contribution is 0.0946. The number of nitrogens with zero attached hydrogens (tertiary/aromatic N) is 2. The van der Waals surface area contributed by atoms with Crippen LogP contribution in [0.25, 0.3) is 0 Å². The predicted octanol–water partition coefficient (Wildman–Crippen LogP) is 3.50. The van der Waals surface area contributed by atoms with Crippen molar-refractivity contribution in [1.29, 1.82) is 0 Å². The first kappa shape index (κ1) is 17.8. The van der Waals surface area contributed by atoms with Gasteiger partial charge in [-0.3, -0.25) is 4.79 Å². The monoisotopic (exact) mass is 376 g/mol. The Kier molecular flexibility index (Phi) is 4.80. The maximum absolute atomic E-state index is 12.5. The Morgan fingerprint density at radius 3 is 2.82 bits per heavy atom. The van der Waals surface area contributed by atoms with Crippen LogP contribution >= 0.6 is 0 Å². The summed E-state index contributed by atoms with van der Waals surface area (Å²) in [4.78, 5) is 21.0. The van der Waals surface area contributed by atoms with Crippen molar-refractivity contribution in [2.75, 3.05) is 12.1 Å². The van der Waals surface area contributed by atoms with Gasteiger partial charge < -0.3 is 20.1 Å². The molecular weight excluding hydrogens is 356 g/mol. The van der Waals surface area contributed by atoms with E-state index in [4.69, 9.17) is 9.47 Å². The molecule has 3 aromatic rings. The molecule has 0 aliphatic carbocycles. The third-order valence-corrected chi connectivity index (χ3v) is 4.42. The fourth-order valence-corrected chi connectivity index (χ4v) is 2.86. The Morgan fingerprint density at radius 2 is 1.93 bits per heavy atom. The molecule has 0 bridgehead atoms. The molecule has 0 fully saturated rings. The average Bonchev–Trinajstić information content (AvgIpc) is 3.17. The molecule has 0 unspecified atom stereocenters. The summed E-state index contributed by atoms with van der Waals surface area (Å²) < 4.78 is 10.6. The van der Waals surface area contributed by atoms with Crippen molar-refractivity contribution in [3.8, 4) is 11.5 Å². The van der Waals surface area contributed by atoms with Gasteiger partial charge in [0.2, 0.25) is 12.7 Å². The number of nitrogens with one attached hydrogen (secondary N) is 2. The summed E-state index contributed by atoms with van der Waals surface area (Å²) in [7, 11) is 0. The first-order valence-electron chi connectivity index (χ1n) is 8.92. The first-order chi connectivity index (χ1) is 13.6. The third kappa shape index (κ3) is 3.88. The minimum atomic E-state index is -0.274. The van der Waals surface area contributed by atoms with Crippen molar-refractivity contribution in [3.05, 3.63) is 71.0 Å². The molecule has 1 aromatic heterocycles. The van der Waals surface area contributed by atoms with Crippen molar-refractivity contribution < 1.29 is 14.3 Å². The molecule has 0 radical (unpaired) electrons. The predicted molar refractivity (Wildman–Crippen MR) is 105 cm³/mol. The maximum atomic E-state index is 12.5. The number of ether oxygens (including phenoxy) is 2. The van der Waals surface area contributed by atoms with E-state index in [1.54, 1.807) is 12.3 Å². The summed E-state index contributed by atoms with van der Waals surface area (Å²) in [6, 6.07) is 13.3. The van der Waals surface area contributed by atoms with Gasteiger partial charge in [-0.2, -0.15) is 0 Å². The molecule has 1 aliphatic heterocycles. The molecular formula is C21H20N4O3. The summed E-state index contributed by atoms with van der Waals surface area (Å²) in [6.45, 7) is 4.61. The summed E-state index contributed by atoms with van der Waals surface area (Å²) in [5.41, 5.74) is 4.33. The van der Waals surface area contributed by atoms with Gasteiger partial charge in [-0.1, -0.05) is 18.2 Å². The van der Waals surface area contributed by atoms with Gasteiger partial charge in [0, 0.05) is 18.4 Å². The molecule has 7 heteroatoms. The van der Waals surface area contributed by atoms with Crippen molar-refractivity contribution in [2.24, 2.45) is 0 Å². The van der Waals surface area contributed by atoms with Crippen molar-refractivity contribution in [2.45, 2.75) is 20.4 Å². The van der Waals surface area contributed by atoms with E-state index in [-0.39, 0.29) is 12.7 Å². The first-order valence-corrected chi connectivity index (χ1v) is 8.92. The summed E-state index contributed by atoms with van der Waals surface area (Å²) in [5.74, 6) is 1.51. The lowest BCUT2D eigenvalue weighted by Gasteiger charge is -2.10. The van der Waals surface area contributed by atoms with Gasteiger partial charge in [-0.25, -0.2) is 9.97 Å². The Labute approximate surface area is 162 Å². The van der Waals surface area contributed by atoms with E-state index in [1.165, 1.54) is 0 Å². The van der Waals surface area contributed by atoms with Crippen LogP contribution in [0.5, 0.6) is 11.5 Å². The van der Waals surface area contributed by atoms with E-state index in [9.17, 15) is 4.79 Å². The Bertz CT molecular complexity index is 1040. The molecule has 2 N–H and O–H groups in total. The lowest BCUT2D eigenvalue weighted by atomic mass is 10.1. The molecule has 0 saturated carbocycles. The highest BCUT2D eigenvalue weighted by molar-refractivity contribution is 5.92. The number of fused-ring (bicyclic) bond motifs is 1. The van der Waals surface area contributed by atoms with Gasteiger partial charge >= 0.3 is 0 Å². The highest BCUT2D eigenvalue weighted by Gasteiger charge is 2.14. The van der Waals surface area contributed by atoms with Crippen molar-refractivity contribution >= 4 is 17.5 Å². The van der Waals surface area contributed by atoms with Crippen LogP contribution in [-0.4, -0.2) is 22.7 Å². The Morgan fingerprint density at radius 1 is 1.07 bits per heavy atom. The van der Waals surface area contributed by atoms with Crippen molar-refractivity contribution in [3.63, 3.8) is 0 Å². The average molecular weight is 376 g/mol. The zero-order chi connectivity index (χ0) is 19.5. The van der Waals surface area contributed by atoms with Crippen LogP contribution in [-0.2, 0) is 6.54 Å². The van der Waals surface area contributed by atoms with Gasteiger partial charge in [-0.15, -0.1) is 0 Å². The number of aryl methyl sites for hydroxylation is 2. The van der Waals surface area contributed by atoms with Crippen LogP contribution in [0.3, 0.4) is 0 Å². The van der Waals surface area contributed by atoms with Gasteiger partial charge in [0.15, 0.2) is 11.5 Å². The summed E-state index contributed by atoms with van der Waals surface area (Å²) in [5, 5.41) is 6.04. The molecule has 4 rings (SSSR count). The Balaban J connectivity index is 1.43. The van der Waals surface area contributed by atoms with Crippen LogP contribution in [0.4, 0.5) is 11.6 Å². The number of amides is 1. The number of rotatable bonds is 5. The zero-order valence-corrected chi connectivity index (χ0v) is 15.7. The number of hydrogen-bond acceptors (Lipinski definition) is 6. The number of carbonyl (C=O) groups excluding carboxylic acids is 1. The minimum Gasteiger partial charge on any atom is -0.454 e. The normalized spacial score (nSPS) is 11.9. The largest absolute Gasteiger partial charge is 0.454 e. The topological polar surface area (TPSA) is 85.4 Å². The van der Waals surface area contributed by atoms with Crippen molar-refractivity contribution in [1.82, 2.24) is 15.3 Å². The van der Waals surface area contributed by atoms with Crippen LogP contribution in [0.15, 0.2) is 48.7 Å². The zero-order valence-electron chi connectivity index (χ0n) is 15.7. The second-order valence-electron chi connectivity index (χ2n) is 6.58. The molecule has 2 aromatic carbocycles. The lowest BCUT2D eigenvalue weighted by Crippen LogP contribution is -2.24. The van der Waals surface area contributed by atoms with E-state index in [0.717, 1.165) is 22.4 Å². The van der Waals surface area contributed by atoms with E-state index in [1.807, 2.05) is 50.2 Å². The van der Waals surface area contributed by atoms with E-state index in [0.29, 0.717) is 29.7 Å². The molecule has 0 atom stereocenters. The third-order valence-electron chi connectivity index (χ3n) is 4.42. The van der Waals surface area contributed by atoms with E-state index >= 15 is 0 Å². The molecule has 2 heterocycles. The van der Waals surface area contributed by atoms with Gasteiger partial charge in [0.1, 0.15) is 5.69 Å². The number of carbonyl (C=O) groups is 1. The van der Waals surface area contributed by atoms with E-state index in [2.05, 4.69) is 20.6 Å². The fraction of sp³-hybridized carbons (Fsp3) is 0.190. The quantitative estimate of drug-likeness (QED) is 0.709. The minimum absolute atomic E-state index is 0.224. The molecule has 7 nitrogen and oxygen atoms in total. The second kappa shape index (κ2) is 7.56. The molecule has 28 heavy (non-hydrogen) atoms. The van der Waals surface area contributed by atoms with Crippen LogP contribution < -0.4 is 20.1 Å². The second-order valence-corrected chi connectivity index (χ2v) is 6.58.